The van der Waals surface area contributed by atoms with E-state index in [1.54, 1.807) is 36.1 Å². The summed E-state index contributed by atoms with van der Waals surface area (Å²) in [5.41, 5.74) is 6.96. The molecule has 0 amide bonds. The van der Waals surface area contributed by atoms with Gasteiger partial charge in [0.15, 0.2) is 11.5 Å². The minimum atomic E-state index is 0.650. The van der Waals surface area contributed by atoms with Crippen LogP contribution >= 0.6 is 11.3 Å². The molecular formula is C27H24N8OS. The Labute approximate surface area is 216 Å². The van der Waals surface area contributed by atoms with Crippen molar-refractivity contribution in [3.8, 4) is 39.7 Å². The fraction of sp³-hybridized carbons (Fsp3) is 0.222. The van der Waals surface area contributed by atoms with E-state index in [2.05, 4.69) is 51.9 Å². The van der Waals surface area contributed by atoms with Crippen molar-refractivity contribution < 1.29 is 4.74 Å². The molecule has 37 heavy (non-hydrogen) atoms. The van der Waals surface area contributed by atoms with Crippen molar-refractivity contribution in [2.75, 3.05) is 26.2 Å². The van der Waals surface area contributed by atoms with Crippen LogP contribution in [0.2, 0.25) is 0 Å². The molecule has 7 rings (SSSR count). The molecule has 6 aromatic rings. The maximum Gasteiger partial charge on any atom is 0.160 e. The zero-order valence-electron chi connectivity index (χ0n) is 20.0. The van der Waals surface area contributed by atoms with E-state index in [-0.39, 0.29) is 0 Å². The first-order valence-electron chi connectivity index (χ1n) is 12.3. The Morgan fingerprint density at radius 3 is 2.86 bits per heavy atom. The number of pyridine rings is 3. The van der Waals surface area contributed by atoms with Crippen molar-refractivity contribution in [1.29, 1.82) is 0 Å². The molecule has 0 spiro atoms. The number of H-pyrrole nitrogens is 2. The molecule has 0 atom stereocenters. The van der Waals surface area contributed by atoms with Crippen LogP contribution < -0.4 is 4.74 Å². The molecule has 1 fully saturated rings. The Kier molecular flexibility index (Phi) is 5.60. The molecule has 0 unspecified atom stereocenters. The van der Waals surface area contributed by atoms with Crippen LogP contribution in [-0.2, 0) is 0 Å². The van der Waals surface area contributed by atoms with Crippen molar-refractivity contribution >= 4 is 33.4 Å². The lowest BCUT2D eigenvalue weighted by Crippen LogP contribution is -2.25. The first-order chi connectivity index (χ1) is 18.3. The van der Waals surface area contributed by atoms with Gasteiger partial charge in [-0.1, -0.05) is 0 Å². The number of hydrogen-bond acceptors (Lipinski definition) is 8. The molecule has 184 valence electrons. The summed E-state index contributed by atoms with van der Waals surface area (Å²) in [6.07, 6.45) is 9.71. The van der Waals surface area contributed by atoms with Gasteiger partial charge in [-0.3, -0.25) is 20.0 Å². The van der Waals surface area contributed by atoms with Gasteiger partial charge in [0.05, 0.1) is 23.6 Å². The van der Waals surface area contributed by atoms with E-state index in [1.807, 2.05) is 18.2 Å². The number of nitrogens with zero attached hydrogens (tertiary/aromatic N) is 6. The molecule has 0 aliphatic carbocycles. The van der Waals surface area contributed by atoms with Crippen LogP contribution in [0.1, 0.15) is 12.8 Å². The molecular weight excluding hydrogens is 484 g/mol. The number of fused-ring (bicyclic) bond motifs is 2. The average Bonchev–Trinajstić information content (AvgIpc) is 3.74. The summed E-state index contributed by atoms with van der Waals surface area (Å²) in [6, 6.07) is 8.09. The summed E-state index contributed by atoms with van der Waals surface area (Å²) in [5.74, 6) is 1.40. The molecule has 0 saturated carbocycles. The molecule has 10 heteroatoms. The van der Waals surface area contributed by atoms with Crippen molar-refractivity contribution in [2.24, 2.45) is 0 Å². The predicted octanol–water partition coefficient (Wildman–Crippen LogP) is 5.16. The number of aromatic nitrogens is 7. The molecule has 9 nitrogen and oxygen atoms in total. The predicted molar refractivity (Wildman–Crippen MR) is 144 cm³/mol. The summed E-state index contributed by atoms with van der Waals surface area (Å²) in [4.78, 5) is 24.2. The smallest absolute Gasteiger partial charge is 0.160 e. The Balaban J connectivity index is 1.20. The van der Waals surface area contributed by atoms with Gasteiger partial charge < -0.3 is 9.72 Å². The Morgan fingerprint density at radius 1 is 1.03 bits per heavy atom. The molecule has 7 heterocycles. The third-order valence-corrected chi connectivity index (χ3v) is 7.46. The van der Waals surface area contributed by atoms with Crippen molar-refractivity contribution in [1.82, 2.24) is 40.0 Å². The van der Waals surface area contributed by atoms with Crippen LogP contribution in [0.5, 0.6) is 5.75 Å². The van der Waals surface area contributed by atoms with Crippen LogP contribution in [0.4, 0.5) is 0 Å². The van der Waals surface area contributed by atoms with E-state index in [1.165, 1.54) is 12.8 Å². The van der Waals surface area contributed by atoms with Gasteiger partial charge in [-0.2, -0.15) is 16.4 Å². The lowest BCUT2D eigenvalue weighted by Gasteiger charge is -2.15. The van der Waals surface area contributed by atoms with Crippen LogP contribution in [0.3, 0.4) is 0 Å². The van der Waals surface area contributed by atoms with Crippen molar-refractivity contribution in [2.45, 2.75) is 12.8 Å². The summed E-state index contributed by atoms with van der Waals surface area (Å²) < 4.78 is 6.00. The number of hydrogen-bond donors (Lipinski definition) is 2. The third kappa shape index (κ3) is 4.24. The van der Waals surface area contributed by atoms with Crippen molar-refractivity contribution in [3.05, 3.63) is 59.8 Å². The minimum absolute atomic E-state index is 0.650. The van der Waals surface area contributed by atoms with Gasteiger partial charge in [0.25, 0.3) is 0 Å². The number of likely N-dealkylation sites (tertiary alicyclic amines) is 1. The number of aromatic amines is 2. The minimum Gasteiger partial charge on any atom is -0.491 e. The van der Waals surface area contributed by atoms with Crippen LogP contribution in [0.15, 0.2) is 59.8 Å². The van der Waals surface area contributed by atoms with Gasteiger partial charge >= 0.3 is 0 Å². The molecule has 1 aliphatic heterocycles. The number of thiophene rings is 1. The van der Waals surface area contributed by atoms with Gasteiger partial charge in [0, 0.05) is 35.5 Å². The number of rotatable bonds is 7. The Bertz CT molecular complexity index is 1680. The molecule has 1 aliphatic rings. The Morgan fingerprint density at radius 2 is 1.97 bits per heavy atom. The second-order valence-corrected chi connectivity index (χ2v) is 9.93. The summed E-state index contributed by atoms with van der Waals surface area (Å²) in [7, 11) is 0. The fourth-order valence-electron chi connectivity index (χ4n) is 4.87. The van der Waals surface area contributed by atoms with Gasteiger partial charge in [-0.15, -0.1) is 0 Å². The average molecular weight is 509 g/mol. The third-order valence-electron chi connectivity index (χ3n) is 6.77. The van der Waals surface area contributed by atoms with Crippen LogP contribution in [0, 0.1) is 0 Å². The number of ether oxygens (including phenoxy) is 1. The lowest BCUT2D eigenvalue weighted by atomic mass is 10.1. The maximum atomic E-state index is 6.00. The lowest BCUT2D eigenvalue weighted by molar-refractivity contribution is 0.237. The second-order valence-electron chi connectivity index (χ2n) is 9.15. The van der Waals surface area contributed by atoms with Crippen molar-refractivity contribution in [3.63, 3.8) is 0 Å². The molecule has 1 saturated heterocycles. The SMILES string of the molecule is c1cc(-c2ccsc2)c2nc(-c3n[nH]c4cnc(-c5cncc(OCCN6CCCC6)c5)cc34)[nH]c2n1. The second kappa shape index (κ2) is 9.38. The van der Waals surface area contributed by atoms with Crippen LogP contribution in [-0.4, -0.2) is 66.3 Å². The van der Waals surface area contributed by atoms with E-state index >= 15 is 0 Å². The molecule has 2 N–H and O–H groups in total. The zero-order chi connectivity index (χ0) is 24.6. The maximum absolute atomic E-state index is 6.00. The highest BCUT2D eigenvalue weighted by atomic mass is 32.1. The molecule has 0 bridgehead atoms. The molecule has 0 aromatic carbocycles. The van der Waals surface area contributed by atoms with Gasteiger partial charge in [-0.05, 0) is 66.5 Å². The van der Waals surface area contributed by atoms with E-state index in [0.29, 0.717) is 12.4 Å². The quantitative estimate of drug-likeness (QED) is 0.307. The highest BCUT2D eigenvalue weighted by Crippen LogP contribution is 2.32. The van der Waals surface area contributed by atoms with Gasteiger partial charge in [0.1, 0.15) is 23.6 Å². The monoisotopic (exact) mass is 508 g/mol. The molecule has 6 aromatic heterocycles. The van der Waals surface area contributed by atoms with Crippen LogP contribution in [0.25, 0.3) is 56.0 Å². The standard InChI is InChI=1S/C27H24N8OS/c1-2-7-35(6-1)8-9-36-19-11-18(13-28-14-19)22-12-21-23(15-30-22)33-34-25(21)27-31-24-20(17-4-10-37-16-17)3-5-29-26(24)32-27/h3-5,10-16H,1-2,6-9H2,(H,33,34)(H,29,31,32). The summed E-state index contributed by atoms with van der Waals surface area (Å²) in [5, 5.41) is 12.7. The summed E-state index contributed by atoms with van der Waals surface area (Å²) in [6.45, 7) is 3.91. The largest absolute Gasteiger partial charge is 0.491 e. The first kappa shape index (κ1) is 22.1. The molecule has 0 radical (unpaired) electrons. The fourth-order valence-corrected chi connectivity index (χ4v) is 5.52. The number of nitrogens with one attached hydrogen (secondary N) is 2. The van der Waals surface area contributed by atoms with E-state index in [9.17, 15) is 0 Å². The topological polar surface area (TPSA) is 108 Å². The number of imidazole rings is 1. The Hall–Kier alpha value is -4.15. The highest BCUT2D eigenvalue weighted by molar-refractivity contribution is 7.08. The van der Waals surface area contributed by atoms with E-state index < -0.39 is 0 Å². The summed E-state index contributed by atoms with van der Waals surface area (Å²) >= 11 is 1.66. The van der Waals surface area contributed by atoms with E-state index in [0.717, 1.165) is 75.5 Å². The highest BCUT2D eigenvalue weighted by Gasteiger charge is 2.17. The zero-order valence-corrected chi connectivity index (χ0v) is 20.8. The normalized spacial score (nSPS) is 14.2. The van der Waals surface area contributed by atoms with E-state index in [4.69, 9.17) is 9.72 Å². The van der Waals surface area contributed by atoms with Gasteiger partial charge in [0.2, 0.25) is 0 Å². The van der Waals surface area contributed by atoms with Gasteiger partial charge in [-0.25, -0.2) is 9.97 Å². The first-order valence-corrected chi connectivity index (χ1v) is 13.3.